The van der Waals surface area contributed by atoms with Crippen LogP contribution in [0, 0.1) is 0 Å². The highest BCUT2D eigenvalue weighted by Gasteiger charge is 2.16. The van der Waals surface area contributed by atoms with Crippen molar-refractivity contribution >= 4 is 32.4 Å². The van der Waals surface area contributed by atoms with Crippen molar-refractivity contribution in [2.24, 2.45) is 0 Å². The topological polar surface area (TPSA) is 101 Å². The van der Waals surface area contributed by atoms with Gasteiger partial charge in [0.25, 0.3) is 5.91 Å². The highest BCUT2D eigenvalue weighted by Crippen LogP contribution is 2.17. The second-order valence-corrected chi connectivity index (χ2v) is 7.89. The van der Waals surface area contributed by atoms with E-state index in [4.69, 9.17) is 0 Å². The smallest absolute Gasteiger partial charge is 0.257 e. The molecule has 0 aliphatic heterocycles. The van der Waals surface area contributed by atoms with Crippen LogP contribution in [-0.4, -0.2) is 30.6 Å². The molecule has 0 bridgehead atoms. The maximum atomic E-state index is 12.1. The van der Waals surface area contributed by atoms with E-state index in [9.17, 15) is 13.2 Å². The molecule has 1 aromatic carbocycles. The highest BCUT2D eigenvalue weighted by molar-refractivity contribution is 7.89. The van der Waals surface area contributed by atoms with E-state index in [2.05, 4.69) is 20.2 Å². The zero-order chi connectivity index (χ0) is 17.0. The molecule has 1 aromatic heterocycles. The van der Waals surface area contributed by atoms with Gasteiger partial charge in [-0.15, -0.1) is 10.2 Å². The van der Waals surface area contributed by atoms with Crippen LogP contribution in [0.3, 0.4) is 0 Å². The predicted octanol–water partition coefficient (Wildman–Crippen LogP) is 2.04. The first-order chi connectivity index (χ1) is 10.8. The van der Waals surface area contributed by atoms with Crippen LogP contribution in [0.15, 0.2) is 29.2 Å². The quantitative estimate of drug-likeness (QED) is 0.827. The molecule has 124 valence electrons. The molecule has 1 heterocycles. The lowest BCUT2D eigenvalue weighted by molar-refractivity contribution is 0.102. The van der Waals surface area contributed by atoms with Crippen molar-refractivity contribution in [1.29, 1.82) is 0 Å². The van der Waals surface area contributed by atoms with E-state index in [0.29, 0.717) is 10.7 Å². The molecule has 0 radical (unpaired) electrons. The Labute approximate surface area is 139 Å². The van der Waals surface area contributed by atoms with Crippen LogP contribution in [0.2, 0.25) is 0 Å². The van der Waals surface area contributed by atoms with Gasteiger partial charge in [-0.3, -0.25) is 10.1 Å². The van der Waals surface area contributed by atoms with Gasteiger partial charge in [-0.1, -0.05) is 18.3 Å². The maximum absolute atomic E-state index is 12.1. The number of carbonyl (C=O) groups is 1. The molecule has 0 unspecified atom stereocenters. The van der Waals surface area contributed by atoms with Crippen LogP contribution in [0.4, 0.5) is 5.13 Å². The molecule has 23 heavy (non-hydrogen) atoms. The molecule has 2 N–H and O–H groups in total. The number of amides is 1. The second kappa shape index (κ2) is 7.16. The van der Waals surface area contributed by atoms with Gasteiger partial charge in [0.05, 0.1) is 4.90 Å². The Morgan fingerprint density at radius 3 is 2.39 bits per heavy atom. The minimum Gasteiger partial charge on any atom is -0.296 e. The van der Waals surface area contributed by atoms with Crippen LogP contribution in [0.5, 0.6) is 0 Å². The zero-order valence-corrected chi connectivity index (χ0v) is 14.7. The number of hydrogen-bond donors (Lipinski definition) is 2. The molecule has 0 saturated carbocycles. The van der Waals surface area contributed by atoms with Crippen LogP contribution in [0.1, 0.15) is 36.1 Å². The largest absolute Gasteiger partial charge is 0.296 e. The van der Waals surface area contributed by atoms with Gasteiger partial charge >= 0.3 is 0 Å². The number of carbonyl (C=O) groups excluding carboxylic acids is 1. The number of aryl methyl sites for hydroxylation is 1. The average molecular weight is 354 g/mol. The van der Waals surface area contributed by atoms with Crippen LogP contribution in [-0.2, 0) is 16.4 Å². The molecule has 9 heteroatoms. The second-order valence-electron chi connectivity index (χ2n) is 5.11. The summed E-state index contributed by atoms with van der Waals surface area (Å²) in [5, 5.41) is 11.7. The Morgan fingerprint density at radius 1 is 1.22 bits per heavy atom. The van der Waals surface area contributed by atoms with Gasteiger partial charge in [0.15, 0.2) is 0 Å². The molecule has 0 atom stereocenters. The van der Waals surface area contributed by atoms with Gasteiger partial charge in [-0.25, -0.2) is 13.1 Å². The lowest BCUT2D eigenvalue weighted by Crippen LogP contribution is -2.30. The fourth-order valence-corrected chi connectivity index (χ4v) is 3.71. The molecule has 0 aliphatic rings. The summed E-state index contributed by atoms with van der Waals surface area (Å²) in [7, 11) is -3.56. The predicted molar refractivity (Wildman–Crippen MR) is 89.1 cm³/mol. The SMILES string of the molecule is CCc1nnc(NC(=O)c2ccc(S(=O)(=O)NC(C)C)cc2)s1. The van der Waals surface area contributed by atoms with Gasteiger partial charge in [-0.2, -0.15) is 0 Å². The molecule has 2 rings (SSSR count). The van der Waals surface area contributed by atoms with Crippen molar-refractivity contribution in [3.05, 3.63) is 34.8 Å². The van der Waals surface area contributed by atoms with E-state index >= 15 is 0 Å². The summed E-state index contributed by atoms with van der Waals surface area (Å²) in [5.74, 6) is -0.357. The summed E-state index contributed by atoms with van der Waals surface area (Å²) in [6.45, 7) is 5.44. The number of rotatable bonds is 6. The van der Waals surface area contributed by atoms with Crippen molar-refractivity contribution < 1.29 is 13.2 Å². The van der Waals surface area contributed by atoms with Crippen molar-refractivity contribution in [2.75, 3.05) is 5.32 Å². The average Bonchev–Trinajstić information content (AvgIpc) is 2.93. The third-order valence-electron chi connectivity index (χ3n) is 2.81. The third kappa shape index (κ3) is 4.57. The Balaban J connectivity index is 2.11. The number of hydrogen-bond acceptors (Lipinski definition) is 6. The highest BCUT2D eigenvalue weighted by atomic mass is 32.2. The summed E-state index contributed by atoms with van der Waals surface area (Å²) >= 11 is 1.31. The standard InChI is InChI=1S/C14H18N4O3S2/c1-4-12-16-17-14(22-12)15-13(19)10-5-7-11(8-6-10)23(20,21)18-9(2)3/h5-9,18H,4H2,1-3H3,(H,15,17,19). The summed E-state index contributed by atoms with van der Waals surface area (Å²) in [6.07, 6.45) is 0.753. The molecular formula is C14H18N4O3S2. The number of sulfonamides is 1. The van der Waals surface area contributed by atoms with E-state index in [1.165, 1.54) is 35.6 Å². The molecule has 0 fully saturated rings. The number of nitrogens with zero attached hydrogens (tertiary/aromatic N) is 2. The van der Waals surface area contributed by atoms with Gasteiger partial charge in [-0.05, 0) is 44.5 Å². The van der Waals surface area contributed by atoms with Crippen molar-refractivity contribution in [2.45, 2.75) is 38.1 Å². The molecule has 0 saturated heterocycles. The molecule has 0 aliphatic carbocycles. The molecule has 1 amide bonds. The lowest BCUT2D eigenvalue weighted by Gasteiger charge is -2.09. The number of benzene rings is 1. The zero-order valence-electron chi connectivity index (χ0n) is 13.0. The van der Waals surface area contributed by atoms with E-state index in [-0.39, 0.29) is 16.8 Å². The van der Waals surface area contributed by atoms with Crippen LogP contribution in [0.25, 0.3) is 0 Å². The maximum Gasteiger partial charge on any atom is 0.257 e. The first-order valence-electron chi connectivity index (χ1n) is 7.08. The van der Waals surface area contributed by atoms with Gasteiger partial charge < -0.3 is 0 Å². The molecular weight excluding hydrogens is 336 g/mol. The minimum absolute atomic E-state index is 0.118. The lowest BCUT2D eigenvalue weighted by atomic mass is 10.2. The summed E-state index contributed by atoms with van der Waals surface area (Å²) in [4.78, 5) is 12.2. The molecule has 7 nitrogen and oxygen atoms in total. The molecule has 2 aromatic rings. The Kier molecular flexibility index (Phi) is 5.45. The van der Waals surface area contributed by atoms with E-state index < -0.39 is 10.0 Å². The van der Waals surface area contributed by atoms with Crippen LogP contribution >= 0.6 is 11.3 Å². The van der Waals surface area contributed by atoms with E-state index in [1.54, 1.807) is 13.8 Å². The molecule has 0 spiro atoms. The number of anilines is 1. The summed E-state index contributed by atoms with van der Waals surface area (Å²) in [6, 6.07) is 5.53. The van der Waals surface area contributed by atoms with E-state index in [1.807, 2.05) is 6.92 Å². The normalized spacial score (nSPS) is 11.7. The van der Waals surface area contributed by atoms with E-state index in [0.717, 1.165) is 11.4 Å². The Morgan fingerprint density at radius 2 is 1.87 bits per heavy atom. The first kappa shape index (κ1) is 17.5. The number of aromatic nitrogens is 2. The monoisotopic (exact) mass is 354 g/mol. The summed E-state index contributed by atoms with van der Waals surface area (Å²) < 4.78 is 26.5. The summed E-state index contributed by atoms with van der Waals surface area (Å²) in [5.41, 5.74) is 0.349. The minimum atomic E-state index is -3.56. The number of nitrogens with one attached hydrogen (secondary N) is 2. The van der Waals surface area contributed by atoms with Crippen molar-refractivity contribution in [1.82, 2.24) is 14.9 Å². The van der Waals surface area contributed by atoms with Crippen molar-refractivity contribution in [3.8, 4) is 0 Å². The van der Waals surface area contributed by atoms with Gasteiger partial charge in [0, 0.05) is 11.6 Å². The Hall–Kier alpha value is -1.84. The van der Waals surface area contributed by atoms with Gasteiger partial charge in [0.2, 0.25) is 15.2 Å². The Bertz CT molecular complexity index is 783. The fraction of sp³-hybridized carbons (Fsp3) is 0.357. The van der Waals surface area contributed by atoms with Crippen LogP contribution < -0.4 is 10.0 Å². The van der Waals surface area contributed by atoms with Crippen molar-refractivity contribution in [3.63, 3.8) is 0 Å². The fourth-order valence-electron chi connectivity index (χ4n) is 1.78. The van der Waals surface area contributed by atoms with Gasteiger partial charge in [0.1, 0.15) is 5.01 Å². The third-order valence-corrected chi connectivity index (χ3v) is 5.46. The first-order valence-corrected chi connectivity index (χ1v) is 9.38.